The van der Waals surface area contributed by atoms with Crippen LogP contribution in [0.25, 0.3) is 0 Å². The average molecular weight is 516 g/mol. The van der Waals surface area contributed by atoms with E-state index in [1.807, 2.05) is 56.2 Å². The molecule has 0 radical (unpaired) electrons. The fraction of sp³-hybridized carbons (Fsp3) is 0.955. The molecule has 1 atom stereocenters. The molecular weight excluding hydrogens is 469 g/mol. The molecule has 32 heavy (non-hydrogen) atoms. The van der Waals surface area contributed by atoms with Gasteiger partial charge in [0.05, 0.1) is 38.1 Å². The molecule has 0 aromatic carbocycles. The Hall–Kier alpha value is 0.400. The molecule has 0 aliphatic carbocycles. The smallest absolute Gasteiger partial charge is 0.333 e. The second-order valence-electron chi connectivity index (χ2n) is 9.24. The van der Waals surface area contributed by atoms with Crippen LogP contribution in [-0.2, 0) is 27.8 Å². The van der Waals surface area contributed by atoms with Gasteiger partial charge in [-0.05, 0) is 67.7 Å². The Labute approximate surface area is 205 Å². The van der Waals surface area contributed by atoms with Gasteiger partial charge in [-0.25, -0.2) is 0 Å². The van der Waals surface area contributed by atoms with Crippen LogP contribution in [0.4, 0.5) is 0 Å². The van der Waals surface area contributed by atoms with Gasteiger partial charge >= 0.3 is 8.60 Å². The average Bonchev–Trinajstić information content (AvgIpc) is 2.66. The molecule has 0 fully saturated rings. The minimum absolute atomic E-state index is 0.0491. The van der Waals surface area contributed by atoms with Gasteiger partial charge in [-0.2, -0.15) is 0 Å². The molecule has 0 aromatic rings. The zero-order chi connectivity index (χ0) is 24.5. The summed E-state index contributed by atoms with van der Waals surface area (Å²) in [5, 5.41) is 2.90. The van der Waals surface area contributed by atoms with E-state index in [0.29, 0.717) is 39.4 Å². The summed E-state index contributed by atoms with van der Waals surface area (Å²) >= 11 is 0. The third-order valence-corrected chi connectivity index (χ3v) is 8.82. The molecule has 0 aromatic heterocycles. The molecule has 0 aliphatic heterocycles. The van der Waals surface area contributed by atoms with Gasteiger partial charge in [-0.1, -0.05) is 21.6 Å². The Balaban J connectivity index is 3.84. The molecule has 1 amide bonds. The third-order valence-electron chi connectivity index (χ3n) is 3.70. The van der Waals surface area contributed by atoms with E-state index in [4.69, 9.17) is 23.0 Å². The maximum Gasteiger partial charge on any atom is 0.333 e. The van der Waals surface area contributed by atoms with Crippen molar-refractivity contribution in [1.82, 2.24) is 5.32 Å². The highest BCUT2D eigenvalue weighted by Crippen LogP contribution is 2.45. The van der Waals surface area contributed by atoms with Gasteiger partial charge in [-0.15, -0.1) is 0 Å². The molecule has 0 aliphatic rings. The number of hydrogen-bond donors (Lipinski definition) is 1. The zero-order valence-electron chi connectivity index (χ0n) is 21.4. The monoisotopic (exact) mass is 515 g/mol. The summed E-state index contributed by atoms with van der Waals surface area (Å²) in [5.41, 5.74) is -0.284. The molecule has 1 N–H and O–H groups in total. The summed E-state index contributed by atoms with van der Waals surface area (Å²) in [6.45, 7) is 17.2. The molecule has 7 nitrogen and oxygen atoms in total. The summed E-state index contributed by atoms with van der Waals surface area (Å²) in [5.74, 6) is 1.12. The van der Waals surface area contributed by atoms with Crippen LogP contribution in [0.2, 0.25) is 0 Å². The molecule has 0 spiro atoms. The van der Waals surface area contributed by atoms with Crippen LogP contribution < -0.4 is 5.32 Å². The van der Waals surface area contributed by atoms with E-state index < -0.39 is 8.60 Å². The quantitative estimate of drug-likeness (QED) is 0.121. The molecule has 10 heteroatoms. The number of unbranched alkanes of at least 4 members (excludes halogenated alkanes) is 1. The molecule has 0 rings (SSSR count). The fourth-order valence-corrected chi connectivity index (χ4v) is 6.08. The maximum atomic E-state index is 12.0. The van der Waals surface area contributed by atoms with Crippen molar-refractivity contribution < 1.29 is 27.8 Å². The predicted molar refractivity (Wildman–Crippen MR) is 138 cm³/mol. The number of amides is 1. The van der Waals surface area contributed by atoms with Crippen LogP contribution in [0.1, 0.15) is 74.1 Å². The first kappa shape index (κ1) is 32.4. The number of carbonyl (C=O) groups excluding carboxylic acids is 1. The minimum atomic E-state index is -1.31. The Morgan fingerprint density at radius 2 is 1.75 bits per heavy atom. The van der Waals surface area contributed by atoms with Crippen molar-refractivity contribution in [1.29, 1.82) is 0 Å². The fourth-order valence-electron chi connectivity index (χ4n) is 2.13. The van der Waals surface area contributed by atoms with Gasteiger partial charge in [0.2, 0.25) is 5.91 Å². The standard InChI is InChI=1S/C22H46NO6PS2/c1-19(2)28-30(29-21(3,4)5)27-14-9-10-18-31-32-22(6,7)12-11-20(24)23-13-15-26-17-16-25-8/h19H,9-18H2,1-8H3,(H,23,24). The van der Waals surface area contributed by atoms with Crippen LogP contribution in [-0.4, -0.2) is 68.2 Å². The van der Waals surface area contributed by atoms with Crippen molar-refractivity contribution in [3.63, 3.8) is 0 Å². The molecular formula is C22H46NO6PS2. The highest BCUT2D eigenvalue weighted by atomic mass is 33.1. The van der Waals surface area contributed by atoms with Gasteiger partial charge in [0.15, 0.2) is 0 Å². The highest BCUT2D eigenvalue weighted by molar-refractivity contribution is 8.77. The SMILES string of the molecule is COCCOCCNC(=O)CCC(C)(C)SSCCCCOP(OC(C)C)OC(C)(C)C. The van der Waals surface area contributed by atoms with E-state index in [1.165, 1.54) is 0 Å². The van der Waals surface area contributed by atoms with Crippen molar-refractivity contribution in [2.45, 2.75) is 90.6 Å². The number of carbonyl (C=O) groups is 1. The topological polar surface area (TPSA) is 75.3 Å². The van der Waals surface area contributed by atoms with Gasteiger partial charge in [0.25, 0.3) is 0 Å². The lowest BCUT2D eigenvalue weighted by molar-refractivity contribution is -0.121. The Morgan fingerprint density at radius 1 is 1.03 bits per heavy atom. The number of nitrogens with one attached hydrogen (secondary N) is 1. The van der Waals surface area contributed by atoms with E-state index >= 15 is 0 Å². The molecule has 0 saturated carbocycles. The van der Waals surface area contributed by atoms with Gasteiger partial charge in [0.1, 0.15) is 0 Å². The first-order valence-corrected chi connectivity index (χ1v) is 14.8. The van der Waals surface area contributed by atoms with Gasteiger partial charge in [0, 0.05) is 30.6 Å². The van der Waals surface area contributed by atoms with Gasteiger partial charge < -0.3 is 28.4 Å². The Kier molecular flexibility index (Phi) is 18.9. The lowest BCUT2D eigenvalue weighted by atomic mass is 10.1. The van der Waals surface area contributed by atoms with Crippen LogP contribution in [0, 0.1) is 0 Å². The number of ether oxygens (including phenoxy) is 2. The minimum Gasteiger partial charge on any atom is -0.382 e. The lowest BCUT2D eigenvalue weighted by Gasteiger charge is -2.26. The summed E-state index contributed by atoms with van der Waals surface area (Å²) < 4.78 is 27.8. The van der Waals surface area contributed by atoms with Crippen molar-refractivity contribution >= 4 is 36.1 Å². The number of rotatable bonds is 20. The van der Waals surface area contributed by atoms with E-state index in [-0.39, 0.29) is 22.4 Å². The predicted octanol–water partition coefficient (Wildman–Crippen LogP) is 5.97. The van der Waals surface area contributed by atoms with E-state index in [9.17, 15) is 4.79 Å². The molecule has 0 bridgehead atoms. The number of methoxy groups -OCH3 is 1. The largest absolute Gasteiger partial charge is 0.382 e. The molecule has 0 heterocycles. The molecule has 0 saturated heterocycles. The maximum absolute atomic E-state index is 12.0. The second-order valence-corrected chi connectivity index (χ2v) is 13.5. The Bertz CT molecular complexity index is 478. The second kappa shape index (κ2) is 18.7. The Morgan fingerprint density at radius 3 is 2.38 bits per heavy atom. The van der Waals surface area contributed by atoms with Crippen LogP contribution in [0.15, 0.2) is 0 Å². The van der Waals surface area contributed by atoms with Gasteiger partial charge in [-0.3, -0.25) is 4.79 Å². The molecule has 1 unspecified atom stereocenters. The van der Waals surface area contributed by atoms with Crippen molar-refractivity contribution in [3.05, 3.63) is 0 Å². The summed E-state index contributed by atoms with van der Waals surface area (Å²) in [7, 11) is 4.04. The van der Waals surface area contributed by atoms with Crippen molar-refractivity contribution in [2.24, 2.45) is 0 Å². The van der Waals surface area contributed by atoms with Crippen molar-refractivity contribution in [2.75, 3.05) is 45.8 Å². The van der Waals surface area contributed by atoms with E-state index in [1.54, 1.807) is 7.11 Å². The lowest BCUT2D eigenvalue weighted by Crippen LogP contribution is -2.29. The summed E-state index contributed by atoms with van der Waals surface area (Å²) in [4.78, 5) is 12.0. The first-order chi connectivity index (χ1) is 14.9. The van der Waals surface area contributed by atoms with E-state index in [0.717, 1.165) is 25.0 Å². The molecule has 192 valence electrons. The van der Waals surface area contributed by atoms with Crippen LogP contribution in [0.3, 0.4) is 0 Å². The number of hydrogen-bond acceptors (Lipinski definition) is 8. The summed E-state index contributed by atoms with van der Waals surface area (Å²) in [6, 6.07) is 0. The van der Waals surface area contributed by atoms with Crippen LogP contribution >= 0.6 is 30.2 Å². The highest BCUT2D eigenvalue weighted by Gasteiger charge is 2.23. The third kappa shape index (κ3) is 22.2. The first-order valence-electron chi connectivity index (χ1n) is 11.4. The zero-order valence-corrected chi connectivity index (χ0v) is 23.9. The van der Waals surface area contributed by atoms with E-state index in [2.05, 4.69) is 19.2 Å². The summed E-state index contributed by atoms with van der Waals surface area (Å²) in [6.07, 6.45) is 3.48. The van der Waals surface area contributed by atoms with Crippen LogP contribution in [0.5, 0.6) is 0 Å². The normalized spacial score (nSPS) is 13.5. The van der Waals surface area contributed by atoms with Crippen molar-refractivity contribution in [3.8, 4) is 0 Å².